The van der Waals surface area contributed by atoms with E-state index in [4.69, 9.17) is 4.74 Å². The summed E-state index contributed by atoms with van der Waals surface area (Å²) in [5.74, 6) is -0.608. The van der Waals surface area contributed by atoms with Crippen molar-refractivity contribution in [2.45, 2.75) is 104 Å². The Bertz CT molecular complexity index is 1130. The Labute approximate surface area is 240 Å². The number of alkyl carbamates (subject to hydrolysis) is 1. The van der Waals surface area contributed by atoms with Crippen molar-refractivity contribution in [3.05, 3.63) is 77.9 Å². The lowest BCUT2D eigenvalue weighted by atomic mass is 9.96. The van der Waals surface area contributed by atoms with Crippen LogP contribution in [0.25, 0.3) is 6.08 Å². The first-order valence-corrected chi connectivity index (χ1v) is 14.3. The Hall–Kier alpha value is -3.61. The van der Waals surface area contributed by atoms with Crippen LogP contribution in [-0.4, -0.2) is 46.5 Å². The molecular weight excluding hydrogens is 502 g/mol. The summed E-state index contributed by atoms with van der Waals surface area (Å²) < 4.78 is 5.51. The first kappa shape index (κ1) is 32.6. The number of carbonyl (C=O) groups is 3. The highest BCUT2D eigenvalue weighted by molar-refractivity contribution is 5.92. The van der Waals surface area contributed by atoms with Crippen molar-refractivity contribution < 1.29 is 19.1 Å². The van der Waals surface area contributed by atoms with Gasteiger partial charge in [-0.25, -0.2) is 4.79 Å². The van der Waals surface area contributed by atoms with Crippen LogP contribution in [0.3, 0.4) is 0 Å². The molecule has 0 spiro atoms. The van der Waals surface area contributed by atoms with E-state index in [-0.39, 0.29) is 30.3 Å². The molecule has 0 heterocycles. The van der Waals surface area contributed by atoms with Gasteiger partial charge in [0.25, 0.3) is 0 Å². The average molecular weight is 550 g/mol. The van der Waals surface area contributed by atoms with Gasteiger partial charge in [-0.05, 0) is 70.2 Å². The van der Waals surface area contributed by atoms with Gasteiger partial charge in [-0.15, -0.1) is 0 Å². The zero-order valence-electron chi connectivity index (χ0n) is 25.2. The van der Waals surface area contributed by atoms with Crippen LogP contribution in [0.2, 0.25) is 0 Å². The molecular formula is C33H47N3O4. The fourth-order valence-electron chi connectivity index (χ4n) is 4.60. The van der Waals surface area contributed by atoms with Crippen molar-refractivity contribution in [1.29, 1.82) is 0 Å². The molecule has 40 heavy (non-hydrogen) atoms. The third kappa shape index (κ3) is 9.85. The van der Waals surface area contributed by atoms with Crippen molar-refractivity contribution in [3.8, 4) is 0 Å². The monoisotopic (exact) mass is 549 g/mol. The molecule has 0 radical (unpaired) electrons. The van der Waals surface area contributed by atoms with Gasteiger partial charge >= 0.3 is 6.09 Å². The molecule has 2 aromatic rings. The summed E-state index contributed by atoms with van der Waals surface area (Å²) in [6.45, 7) is 17.1. The van der Waals surface area contributed by atoms with Crippen molar-refractivity contribution in [1.82, 2.24) is 15.5 Å². The molecule has 2 N–H and O–H groups in total. The summed E-state index contributed by atoms with van der Waals surface area (Å²) in [7, 11) is 0. The zero-order chi connectivity index (χ0) is 29.9. The molecule has 0 aromatic heterocycles. The number of nitrogens with zero attached hydrogens (tertiary/aromatic N) is 1. The molecule has 7 heteroatoms. The van der Waals surface area contributed by atoms with Gasteiger partial charge in [-0.1, -0.05) is 81.5 Å². The van der Waals surface area contributed by atoms with E-state index in [1.807, 2.05) is 75.4 Å². The number of carbonyl (C=O) groups excluding carboxylic acids is 3. The Kier molecular flexibility index (Phi) is 12.4. The normalized spacial score (nSPS) is 14.3. The lowest BCUT2D eigenvalue weighted by molar-refractivity contribution is -0.145. The van der Waals surface area contributed by atoms with Crippen LogP contribution in [0.4, 0.5) is 4.79 Å². The van der Waals surface area contributed by atoms with E-state index < -0.39 is 23.8 Å². The summed E-state index contributed by atoms with van der Waals surface area (Å²) in [4.78, 5) is 43.0. The minimum Gasteiger partial charge on any atom is -0.444 e. The van der Waals surface area contributed by atoms with Gasteiger partial charge in [0.15, 0.2) is 0 Å². The van der Waals surface area contributed by atoms with Gasteiger partial charge in [0.2, 0.25) is 11.8 Å². The van der Waals surface area contributed by atoms with E-state index in [2.05, 4.69) is 24.1 Å². The van der Waals surface area contributed by atoms with Crippen LogP contribution in [0.1, 0.15) is 90.5 Å². The molecule has 2 aromatic carbocycles. The predicted octanol–water partition coefficient (Wildman–Crippen LogP) is 6.44. The van der Waals surface area contributed by atoms with E-state index in [1.165, 1.54) is 0 Å². The van der Waals surface area contributed by atoms with Gasteiger partial charge in [0, 0.05) is 18.5 Å². The largest absolute Gasteiger partial charge is 0.444 e. The minimum absolute atomic E-state index is 0.0588. The summed E-state index contributed by atoms with van der Waals surface area (Å²) in [6.07, 6.45) is 3.64. The number of hydrogen-bond acceptors (Lipinski definition) is 4. The number of nitrogens with one attached hydrogen (secondary N) is 2. The standard InChI is InChI=1S/C33H47N3O4/c1-9-16-23(4)34-30(37)29(27-20-15-19-25(11-3)21-27)36(24(5)10-2)31(38)28(22-26-17-13-12-14-18-26)35-32(39)40-33(6,7)8/h11-15,17-21,23-24,28-29H,3,9-10,16,22H2,1-2,4-8H3,(H,34,37)(H,35,39). The van der Waals surface area contributed by atoms with E-state index in [0.717, 1.165) is 24.0 Å². The Morgan fingerprint density at radius 1 is 1.00 bits per heavy atom. The van der Waals surface area contributed by atoms with Crippen LogP contribution in [0.5, 0.6) is 0 Å². The van der Waals surface area contributed by atoms with Gasteiger partial charge in [0.05, 0.1) is 0 Å². The van der Waals surface area contributed by atoms with Gasteiger partial charge in [-0.2, -0.15) is 0 Å². The number of amides is 3. The van der Waals surface area contributed by atoms with Gasteiger partial charge < -0.3 is 20.3 Å². The van der Waals surface area contributed by atoms with Crippen molar-refractivity contribution in [3.63, 3.8) is 0 Å². The predicted molar refractivity (Wildman–Crippen MR) is 162 cm³/mol. The average Bonchev–Trinajstić information content (AvgIpc) is 2.90. The van der Waals surface area contributed by atoms with E-state index in [1.54, 1.807) is 31.7 Å². The minimum atomic E-state index is -0.947. The number of hydrogen-bond donors (Lipinski definition) is 2. The lowest BCUT2D eigenvalue weighted by Crippen LogP contribution is -2.56. The van der Waals surface area contributed by atoms with E-state index in [9.17, 15) is 14.4 Å². The fraction of sp³-hybridized carbons (Fsp3) is 0.485. The molecule has 0 saturated carbocycles. The van der Waals surface area contributed by atoms with Gasteiger partial charge in [-0.3, -0.25) is 9.59 Å². The maximum absolute atomic E-state index is 14.5. The number of benzene rings is 2. The van der Waals surface area contributed by atoms with Crippen LogP contribution in [-0.2, 0) is 20.7 Å². The molecule has 218 valence electrons. The zero-order valence-corrected chi connectivity index (χ0v) is 25.2. The molecule has 7 nitrogen and oxygen atoms in total. The highest BCUT2D eigenvalue weighted by Crippen LogP contribution is 2.28. The van der Waals surface area contributed by atoms with Gasteiger partial charge in [0.1, 0.15) is 17.7 Å². The van der Waals surface area contributed by atoms with E-state index >= 15 is 0 Å². The van der Waals surface area contributed by atoms with Crippen molar-refractivity contribution in [2.24, 2.45) is 0 Å². The van der Waals surface area contributed by atoms with Crippen molar-refractivity contribution in [2.75, 3.05) is 0 Å². The Balaban J connectivity index is 2.61. The maximum atomic E-state index is 14.5. The molecule has 4 atom stereocenters. The molecule has 0 aliphatic carbocycles. The lowest BCUT2D eigenvalue weighted by Gasteiger charge is -2.38. The molecule has 4 unspecified atom stereocenters. The van der Waals surface area contributed by atoms with Crippen LogP contribution < -0.4 is 10.6 Å². The summed E-state index contributed by atoms with van der Waals surface area (Å²) in [6, 6.07) is 14.8. The second-order valence-electron chi connectivity index (χ2n) is 11.4. The molecule has 0 bridgehead atoms. The van der Waals surface area contributed by atoms with Crippen LogP contribution >= 0.6 is 0 Å². The molecule has 0 aliphatic rings. The Morgan fingerprint density at radius 3 is 2.25 bits per heavy atom. The molecule has 0 aliphatic heterocycles. The summed E-state index contributed by atoms with van der Waals surface area (Å²) in [5, 5.41) is 5.93. The maximum Gasteiger partial charge on any atom is 0.408 e. The number of rotatable bonds is 13. The molecule has 3 amide bonds. The Morgan fingerprint density at radius 2 is 1.68 bits per heavy atom. The highest BCUT2D eigenvalue weighted by Gasteiger charge is 2.39. The molecule has 0 saturated heterocycles. The summed E-state index contributed by atoms with van der Waals surface area (Å²) in [5.41, 5.74) is 1.68. The summed E-state index contributed by atoms with van der Waals surface area (Å²) >= 11 is 0. The molecule has 0 fully saturated rings. The first-order valence-electron chi connectivity index (χ1n) is 14.3. The first-order chi connectivity index (χ1) is 18.9. The van der Waals surface area contributed by atoms with Crippen LogP contribution in [0.15, 0.2) is 61.2 Å². The van der Waals surface area contributed by atoms with Crippen LogP contribution in [0, 0.1) is 0 Å². The second-order valence-corrected chi connectivity index (χ2v) is 11.4. The topological polar surface area (TPSA) is 87.7 Å². The fourth-order valence-corrected chi connectivity index (χ4v) is 4.60. The third-order valence-corrected chi connectivity index (χ3v) is 6.69. The molecule has 2 rings (SSSR count). The number of ether oxygens (including phenoxy) is 1. The highest BCUT2D eigenvalue weighted by atomic mass is 16.6. The van der Waals surface area contributed by atoms with E-state index in [0.29, 0.717) is 12.0 Å². The quantitative estimate of drug-likeness (QED) is 0.301. The SMILES string of the molecule is C=Cc1cccc(C(C(=O)NC(C)CCC)N(C(=O)C(Cc2ccccc2)NC(=O)OC(C)(C)C)C(C)CC)c1. The third-order valence-electron chi connectivity index (χ3n) is 6.69. The smallest absolute Gasteiger partial charge is 0.408 e. The second kappa shape index (κ2) is 15.2. The van der Waals surface area contributed by atoms with Crippen molar-refractivity contribution >= 4 is 24.0 Å².